The van der Waals surface area contributed by atoms with Crippen LogP contribution in [0.25, 0.3) is 0 Å². The second kappa shape index (κ2) is 4.15. The average Bonchev–Trinajstić information content (AvgIpc) is 2.03. The molecule has 1 N–H and O–H groups in total. The third kappa shape index (κ3) is 2.57. The van der Waals surface area contributed by atoms with E-state index in [1.807, 2.05) is 0 Å². The molecule has 0 spiro atoms. The summed E-state index contributed by atoms with van der Waals surface area (Å²) in [6.07, 6.45) is 1.10. The Balaban J connectivity index is 2.72. The van der Waals surface area contributed by atoms with Crippen LogP contribution in [-0.2, 0) is 6.42 Å². The van der Waals surface area contributed by atoms with Crippen LogP contribution in [0.1, 0.15) is 26.3 Å². The average molecular weight is 163 g/mol. The van der Waals surface area contributed by atoms with E-state index in [0.717, 1.165) is 6.42 Å². The Kier molecular flexibility index (Phi) is 3.15. The first kappa shape index (κ1) is 9.11. The van der Waals surface area contributed by atoms with Gasteiger partial charge in [0.05, 0.1) is 0 Å². The van der Waals surface area contributed by atoms with E-state index in [-0.39, 0.29) is 0 Å². The molecule has 0 unspecified atom stereocenters. The summed E-state index contributed by atoms with van der Waals surface area (Å²) in [7, 11) is 0. The molecule has 0 aliphatic carbocycles. The lowest BCUT2D eigenvalue weighted by atomic mass is 10.1. The summed E-state index contributed by atoms with van der Waals surface area (Å²) in [6.45, 7) is 6.48. The van der Waals surface area contributed by atoms with Crippen molar-refractivity contribution in [1.29, 1.82) is 0 Å². The van der Waals surface area contributed by atoms with Crippen molar-refractivity contribution in [3.05, 3.63) is 29.8 Å². The van der Waals surface area contributed by atoms with Crippen molar-refractivity contribution in [1.82, 2.24) is 0 Å². The number of rotatable bonds is 3. The van der Waals surface area contributed by atoms with Gasteiger partial charge in [-0.3, -0.25) is 0 Å². The van der Waals surface area contributed by atoms with Gasteiger partial charge in [-0.2, -0.15) is 0 Å². The van der Waals surface area contributed by atoms with Crippen molar-refractivity contribution in [2.45, 2.75) is 33.2 Å². The molecule has 0 fully saturated rings. The van der Waals surface area contributed by atoms with Gasteiger partial charge in [-0.15, -0.1) is 0 Å². The first-order valence-electron chi connectivity index (χ1n) is 4.58. The first-order valence-corrected chi connectivity index (χ1v) is 4.58. The summed E-state index contributed by atoms with van der Waals surface area (Å²) in [5.74, 6) is 0. The Labute approximate surface area is 74.8 Å². The molecule has 0 aromatic heterocycles. The number of aryl methyl sites for hydroxylation is 1. The lowest BCUT2D eigenvalue weighted by Crippen LogP contribution is -2.09. The summed E-state index contributed by atoms with van der Waals surface area (Å²) < 4.78 is 0. The minimum Gasteiger partial charge on any atom is -0.383 e. The number of nitrogens with one attached hydrogen (secondary N) is 1. The Bertz CT molecular complexity index is 241. The van der Waals surface area contributed by atoms with Gasteiger partial charge >= 0.3 is 0 Å². The maximum absolute atomic E-state index is 3.38. The number of anilines is 1. The van der Waals surface area contributed by atoms with Crippen LogP contribution in [0.5, 0.6) is 0 Å². The molecule has 0 radical (unpaired) electrons. The fourth-order valence-electron chi connectivity index (χ4n) is 1.21. The summed E-state index contributed by atoms with van der Waals surface area (Å²) in [6, 6.07) is 9.09. The zero-order valence-electron chi connectivity index (χ0n) is 8.09. The van der Waals surface area contributed by atoms with Crippen LogP contribution in [0, 0.1) is 0 Å². The van der Waals surface area contributed by atoms with Crippen molar-refractivity contribution < 1.29 is 0 Å². The summed E-state index contributed by atoms with van der Waals surface area (Å²) in [5, 5.41) is 3.38. The standard InChI is InChI=1S/C11H17N/c1-4-10-6-5-7-11(8-10)12-9(2)3/h5-9,12H,4H2,1-3H3. The molecule has 0 saturated heterocycles. The highest BCUT2D eigenvalue weighted by Gasteiger charge is 1.95. The maximum atomic E-state index is 3.38. The van der Waals surface area contributed by atoms with Gasteiger partial charge in [0.15, 0.2) is 0 Å². The zero-order valence-corrected chi connectivity index (χ0v) is 8.09. The monoisotopic (exact) mass is 163 g/mol. The Morgan fingerprint density at radius 3 is 2.67 bits per heavy atom. The Morgan fingerprint density at radius 1 is 1.33 bits per heavy atom. The summed E-state index contributed by atoms with van der Waals surface area (Å²) >= 11 is 0. The van der Waals surface area contributed by atoms with Crippen LogP contribution in [-0.4, -0.2) is 6.04 Å². The van der Waals surface area contributed by atoms with Crippen molar-refractivity contribution in [3.63, 3.8) is 0 Å². The minimum absolute atomic E-state index is 0.511. The molecule has 1 aromatic carbocycles. The lowest BCUT2D eigenvalue weighted by Gasteiger charge is -2.10. The maximum Gasteiger partial charge on any atom is 0.0344 e. The highest BCUT2D eigenvalue weighted by molar-refractivity contribution is 5.46. The highest BCUT2D eigenvalue weighted by atomic mass is 14.9. The molecule has 0 heterocycles. The number of hydrogen-bond acceptors (Lipinski definition) is 1. The van der Waals surface area contributed by atoms with E-state index in [1.54, 1.807) is 0 Å². The highest BCUT2D eigenvalue weighted by Crippen LogP contribution is 2.11. The third-order valence-corrected chi connectivity index (χ3v) is 1.79. The van der Waals surface area contributed by atoms with Crippen molar-refractivity contribution in [2.75, 3.05) is 5.32 Å². The second-order valence-corrected chi connectivity index (χ2v) is 3.35. The minimum atomic E-state index is 0.511. The predicted molar refractivity (Wildman–Crippen MR) is 54.6 cm³/mol. The molecular formula is C11H17N. The molecule has 1 nitrogen and oxygen atoms in total. The van der Waals surface area contributed by atoms with Gasteiger partial charge in [0, 0.05) is 11.7 Å². The van der Waals surface area contributed by atoms with Gasteiger partial charge in [0.25, 0.3) is 0 Å². The molecule has 0 atom stereocenters. The van der Waals surface area contributed by atoms with E-state index in [4.69, 9.17) is 0 Å². The smallest absolute Gasteiger partial charge is 0.0344 e. The molecule has 0 aliphatic heterocycles. The third-order valence-electron chi connectivity index (χ3n) is 1.79. The second-order valence-electron chi connectivity index (χ2n) is 3.35. The van der Waals surface area contributed by atoms with Crippen molar-refractivity contribution in [3.8, 4) is 0 Å². The van der Waals surface area contributed by atoms with E-state index in [0.29, 0.717) is 6.04 Å². The Morgan fingerprint density at radius 2 is 2.08 bits per heavy atom. The quantitative estimate of drug-likeness (QED) is 0.722. The van der Waals surface area contributed by atoms with E-state index in [1.165, 1.54) is 11.3 Å². The zero-order chi connectivity index (χ0) is 8.97. The van der Waals surface area contributed by atoms with Gasteiger partial charge in [-0.1, -0.05) is 19.1 Å². The summed E-state index contributed by atoms with van der Waals surface area (Å²) in [5.41, 5.74) is 2.62. The number of hydrogen-bond donors (Lipinski definition) is 1. The predicted octanol–water partition coefficient (Wildman–Crippen LogP) is 3.07. The fraction of sp³-hybridized carbons (Fsp3) is 0.455. The van der Waals surface area contributed by atoms with Crippen LogP contribution in [0.2, 0.25) is 0 Å². The van der Waals surface area contributed by atoms with Crippen molar-refractivity contribution >= 4 is 5.69 Å². The lowest BCUT2D eigenvalue weighted by molar-refractivity contribution is 0.899. The molecule has 1 heteroatoms. The molecule has 12 heavy (non-hydrogen) atoms. The number of benzene rings is 1. The van der Waals surface area contributed by atoms with E-state index in [9.17, 15) is 0 Å². The molecule has 0 bridgehead atoms. The van der Waals surface area contributed by atoms with Gasteiger partial charge in [-0.05, 0) is 38.0 Å². The molecule has 0 aliphatic rings. The van der Waals surface area contributed by atoms with Crippen LogP contribution in [0.3, 0.4) is 0 Å². The summed E-state index contributed by atoms with van der Waals surface area (Å²) in [4.78, 5) is 0. The van der Waals surface area contributed by atoms with Crippen molar-refractivity contribution in [2.24, 2.45) is 0 Å². The molecule has 1 aromatic rings. The normalized spacial score (nSPS) is 10.3. The molecule has 1 rings (SSSR count). The van der Waals surface area contributed by atoms with Gasteiger partial charge in [0.2, 0.25) is 0 Å². The van der Waals surface area contributed by atoms with Crippen LogP contribution < -0.4 is 5.32 Å². The molecule has 66 valence electrons. The van der Waals surface area contributed by atoms with Gasteiger partial charge in [-0.25, -0.2) is 0 Å². The molecule has 0 amide bonds. The Hall–Kier alpha value is -0.980. The first-order chi connectivity index (χ1) is 5.72. The van der Waals surface area contributed by atoms with Gasteiger partial charge < -0.3 is 5.32 Å². The van der Waals surface area contributed by atoms with Crippen LogP contribution in [0.15, 0.2) is 24.3 Å². The fourth-order valence-corrected chi connectivity index (χ4v) is 1.21. The molecule has 0 saturated carbocycles. The SMILES string of the molecule is CCc1cccc(NC(C)C)c1. The topological polar surface area (TPSA) is 12.0 Å². The van der Waals surface area contributed by atoms with E-state index in [2.05, 4.69) is 50.4 Å². The van der Waals surface area contributed by atoms with Crippen LogP contribution in [0.4, 0.5) is 5.69 Å². The largest absolute Gasteiger partial charge is 0.383 e. The van der Waals surface area contributed by atoms with Gasteiger partial charge in [0.1, 0.15) is 0 Å². The van der Waals surface area contributed by atoms with Crippen LogP contribution >= 0.6 is 0 Å². The molecular weight excluding hydrogens is 146 g/mol. The van der Waals surface area contributed by atoms with E-state index < -0.39 is 0 Å². The van der Waals surface area contributed by atoms with E-state index >= 15 is 0 Å².